The molecule has 29 heavy (non-hydrogen) atoms. The fourth-order valence-electron chi connectivity index (χ4n) is 3.69. The zero-order valence-corrected chi connectivity index (χ0v) is 18.0. The highest BCUT2D eigenvalue weighted by atomic mass is 16.3. The predicted octanol–water partition coefficient (Wildman–Crippen LogP) is 3.13. The van der Waals surface area contributed by atoms with Crippen LogP contribution in [0.1, 0.15) is 75.1 Å². The van der Waals surface area contributed by atoms with Gasteiger partial charge in [-0.15, -0.1) is 0 Å². The molecule has 0 bridgehead atoms. The van der Waals surface area contributed by atoms with E-state index >= 15 is 0 Å². The number of piperidine rings is 1. The molecule has 0 saturated carbocycles. The summed E-state index contributed by atoms with van der Waals surface area (Å²) in [4.78, 5) is 40.7. The number of nitrogens with zero attached hydrogens (tertiary/aromatic N) is 2. The topological polar surface area (TPSA) is 82.9 Å². The molecule has 0 atom stereocenters. The average Bonchev–Trinajstić information content (AvgIpc) is 3.14. The number of aryl methyl sites for hydroxylation is 1. The van der Waals surface area contributed by atoms with Crippen molar-refractivity contribution in [3.63, 3.8) is 0 Å². The summed E-state index contributed by atoms with van der Waals surface area (Å²) in [7, 11) is 0. The molecule has 2 heterocycles. The molecule has 1 saturated heterocycles. The van der Waals surface area contributed by atoms with Crippen LogP contribution in [0.3, 0.4) is 0 Å². The Kier molecular flexibility index (Phi) is 9.22. The second-order valence-electron chi connectivity index (χ2n) is 7.77. The molecule has 0 unspecified atom stereocenters. The lowest BCUT2D eigenvalue weighted by molar-refractivity contribution is -0.133. The lowest BCUT2D eigenvalue weighted by Crippen LogP contribution is -2.46. The van der Waals surface area contributed by atoms with Crippen molar-refractivity contribution in [3.8, 4) is 0 Å². The molecule has 1 aromatic rings. The van der Waals surface area contributed by atoms with Crippen LogP contribution in [0.4, 0.5) is 0 Å². The van der Waals surface area contributed by atoms with Crippen molar-refractivity contribution in [2.45, 2.75) is 71.8 Å². The number of rotatable bonds is 10. The zero-order chi connectivity index (χ0) is 21.2. The molecule has 3 amide bonds. The van der Waals surface area contributed by atoms with E-state index in [-0.39, 0.29) is 23.8 Å². The van der Waals surface area contributed by atoms with E-state index in [1.54, 1.807) is 19.1 Å². The molecule has 1 aliphatic heterocycles. The summed E-state index contributed by atoms with van der Waals surface area (Å²) in [5.41, 5.74) is 0. The SMILES string of the molecule is CCCN(CCC)C(=O)CCCC(=O)N1CCC(NC(=O)c2ccc(C)o2)CC1. The molecule has 2 rings (SSSR count). The zero-order valence-electron chi connectivity index (χ0n) is 18.0. The molecule has 7 nitrogen and oxygen atoms in total. The summed E-state index contributed by atoms with van der Waals surface area (Å²) in [5, 5.41) is 2.98. The highest BCUT2D eigenvalue weighted by molar-refractivity contribution is 5.91. The van der Waals surface area contributed by atoms with Crippen molar-refractivity contribution in [1.82, 2.24) is 15.1 Å². The minimum Gasteiger partial charge on any atom is -0.456 e. The largest absolute Gasteiger partial charge is 0.456 e. The van der Waals surface area contributed by atoms with Gasteiger partial charge in [-0.2, -0.15) is 0 Å². The number of nitrogens with one attached hydrogen (secondary N) is 1. The van der Waals surface area contributed by atoms with Gasteiger partial charge in [0.25, 0.3) is 5.91 Å². The quantitative estimate of drug-likeness (QED) is 0.648. The Labute approximate surface area is 173 Å². The molecular weight excluding hydrogens is 370 g/mol. The minimum absolute atomic E-state index is 0.0511. The van der Waals surface area contributed by atoms with Crippen LogP contribution in [0.25, 0.3) is 0 Å². The highest BCUT2D eigenvalue weighted by Gasteiger charge is 2.25. The first-order valence-corrected chi connectivity index (χ1v) is 10.9. The van der Waals surface area contributed by atoms with Crippen LogP contribution in [-0.2, 0) is 9.59 Å². The molecule has 0 aliphatic carbocycles. The fraction of sp³-hybridized carbons (Fsp3) is 0.682. The first-order valence-electron chi connectivity index (χ1n) is 10.9. The second-order valence-corrected chi connectivity index (χ2v) is 7.77. The maximum atomic E-state index is 12.5. The van der Waals surface area contributed by atoms with Gasteiger partial charge in [0.15, 0.2) is 5.76 Å². The van der Waals surface area contributed by atoms with Crippen molar-refractivity contribution in [2.24, 2.45) is 0 Å². The summed E-state index contributed by atoms with van der Waals surface area (Å²) in [5.74, 6) is 1.08. The summed E-state index contributed by atoms with van der Waals surface area (Å²) in [6.07, 6.45) is 4.80. The van der Waals surface area contributed by atoms with Crippen molar-refractivity contribution in [2.75, 3.05) is 26.2 Å². The first kappa shape index (κ1) is 23.0. The normalized spacial score (nSPS) is 14.7. The molecule has 1 aliphatic rings. The second kappa shape index (κ2) is 11.6. The third-order valence-corrected chi connectivity index (χ3v) is 5.27. The molecule has 162 valence electrons. The van der Waals surface area contributed by atoms with Crippen LogP contribution < -0.4 is 5.32 Å². The van der Waals surface area contributed by atoms with Gasteiger partial charge in [0, 0.05) is 45.1 Å². The lowest BCUT2D eigenvalue weighted by Gasteiger charge is -2.32. The Morgan fingerprint density at radius 2 is 1.76 bits per heavy atom. The summed E-state index contributed by atoms with van der Waals surface area (Å²) < 4.78 is 5.35. The van der Waals surface area contributed by atoms with Crippen LogP contribution in [-0.4, -0.2) is 59.7 Å². The van der Waals surface area contributed by atoms with Crippen LogP contribution in [0.15, 0.2) is 16.5 Å². The Hall–Kier alpha value is -2.31. The summed E-state index contributed by atoms with van der Waals surface area (Å²) in [6, 6.07) is 3.49. The van der Waals surface area contributed by atoms with Gasteiger partial charge in [-0.1, -0.05) is 13.8 Å². The third kappa shape index (κ3) is 7.22. The predicted molar refractivity (Wildman–Crippen MR) is 112 cm³/mol. The highest BCUT2D eigenvalue weighted by Crippen LogP contribution is 2.15. The van der Waals surface area contributed by atoms with Crippen LogP contribution in [0.5, 0.6) is 0 Å². The maximum absolute atomic E-state index is 12.5. The molecule has 1 fully saturated rings. The van der Waals surface area contributed by atoms with Crippen LogP contribution in [0, 0.1) is 6.92 Å². The maximum Gasteiger partial charge on any atom is 0.287 e. The lowest BCUT2D eigenvalue weighted by atomic mass is 10.0. The van der Waals surface area contributed by atoms with E-state index in [4.69, 9.17) is 4.42 Å². The van der Waals surface area contributed by atoms with E-state index in [0.29, 0.717) is 43.9 Å². The Morgan fingerprint density at radius 3 is 2.31 bits per heavy atom. The number of hydrogen-bond donors (Lipinski definition) is 1. The Balaban J connectivity index is 1.67. The molecule has 0 aromatic carbocycles. The number of amides is 3. The summed E-state index contributed by atoms with van der Waals surface area (Å²) in [6.45, 7) is 8.79. The fourth-order valence-corrected chi connectivity index (χ4v) is 3.69. The number of hydrogen-bond acceptors (Lipinski definition) is 4. The first-order chi connectivity index (χ1) is 13.9. The van der Waals surface area contributed by atoms with Crippen molar-refractivity contribution >= 4 is 17.7 Å². The number of likely N-dealkylation sites (tertiary alicyclic amines) is 1. The van der Waals surface area contributed by atoms with Gasteiger partial charge >= 0.3 is 0 Å². The van der Waals surface area contributed by atoms with E-state index < -0.39 is 0 Å². The molecular formula is C22H35N3O4. The Bertz CT molecular complexity index is 671. The van der Waals surface area contributed by atoms with E-state index in [1.165, 1.54) is 0 Å². The number of carbonyl (C=O) groups is 3. The monoisotopic (exact) mass is 405 g/mol. The van der Waals surface area contributed by atoms with Gasteiger partial charge in [0.2, 0.25) is 11.8 Å². The molecule has 1 N–H and O–H groups in total. The smallest absolute Gasteiger partial charge is 0.287 e. The van der Waals surface area contributed by atoms with E-state index in [1.807, 2.05) is 9.80 Å². The van der Waals surface area contributed by atoms with Gasteiger partial charge in [-0.25, -0.2) is 0 Å². The standard InChI is InChI=1S/C22H35N3O4/c1-4-13-24(14-5-2)20(26)7-6-8-21(27)25-15-11-18(12-16-25)23-22(28)19-10-9-17(3)29-19/h9-10,18H,4-8,11-16H2,1-3H3,(H,23,28). The Morgan fingerprint density at radius 1 is 1.10 bits per heavy atom. The number of furan rings is 1. The molecule has 0 radical (unpaired) electrons. The van der Waals surface area contributed by atoms with E-state index in [0.717, 1.165) is 38.8 Å². The van der Waals surface area contributed by atoms with Gasteiger partial charge in [0.05, 0.1) is 0 Å². The van der Waals surface area contributed by atoms with Crippen molar-refractivity contribution in [1.29, 1.82) is 0 Å². The number of carbonyl (C=O) groups excluding carboxylic acids is 3. The van der Waals surface area contributed by atoms with Gasteiger partial charge in [-0.05, 0) is 51.2 Å². The van der Waals surface area contributed by atoms with Crippen molar-refractivity contribution in [3.05, 3.63) is 23.7 Å². The van der Waals surface area contributed by atoms with E-state index in [2.05, 4.69) is 19.2 Å². The molecule has 1 aromatic heterocycles. The summed E-state index contributed by atoms with van der Waals surface area (Å²) >= 11 is 0. The molecule has 0 spiro atoms. The van der Waals surface area contributed by atoms with Gasteiger partial charge in [0.1, 0.15) is 5.76 Å². The average molecular weight is 406 g/mol. The van der Waals surface area contributed by atoms with E-state index in [9.17, 15) is 14.4 Å². The van der Waals surface area contributed by atoms with Crippen molar-refractivity contribution < 1.29 is 18.8 Å². The van der Waals surface area contributed by atoms with Gasteiger partial charge in [-0.3, -0.25) is 14.4 Å². The van der Waals surface area contributed by atoms with Crippen LogP contribution >= 0.6 is 0 Å². The third-order valence-electron chi connectivity index (χ3n) is 5.27. The molecule has 7 heteroatoms. The van der Waals surface area contributed by atoms with Gasteiger partial charge < -0.3 is 19.5 Å². The minimum atomic E-state index is -0.204. The van der Waals surface area contributed by atoms with Crippen LogP contribution in [0.2, 0.25) is 0 Å².